The van der Waals surface area contributed by atoms with Crippen molar-refractivity contribution in [3.05, 3.63) is 27.3 Å². The largest absolute Gasteiger partial charge is 0.489 e. The molecule has 0 heterocycles. The lowest BCUT2D eigenvalue weighted by Gasteiger charge is -2.07. The minimum atomic E-state index is -4.22. The van der Waals surface area contributed by atoms with Crippen molar-refractivity contribution in [1.82, 2.24) is 0 Å². The van der Waals surface area contributed by atoms with Crippen LogP contribution in [-0.2, 0) is 9.05 Å². The van der Waals surface area contributed by atoms with E-state index in [4.69, 9.17) is 22.3 Å². The molecule has 0 N–H and O–H groups in total. The van der Waals surface area contributed by atoms with Gasteiger partial charge in [0.05, 0.1) is 17.1 Å². The van der Waals surface area contributed by atoms with Gasteiger partial charge < -0.3 is 4.74 Å². The van der Waals surface area contributed by atoms with Gasteiger partial charge in [-0.15, -0.1) is 0 Å². The lowest BCUT2D eigenvalue weighted by Crippen LogP contribution is -2.01. The van der Waals surface area contributed by atoms with Gasteiger partial charge in [0.1, 0.15) is 0 Å². The molecule has 1 aromatic carbocycles. The van der Waals surface area contributed by atoms with E-state index in [0.717, 1.165) is 19.2 Å². The molecule has 0 unspecified atom stereocenters. The Morgan fingerprint density at radius 2 is 2.00 bits per heavy atom. The summed E-state index contributed by atoms with van der Waals surface area (Å²) in [7, 11) is 1.98. The molecule has 0 aromatic heterocycles. The number of nitro benzene ring substituents is 1. The van der Waals surface area contributed by atoms with E-state index in [-0.39, 0.29) is 5.02 Å². The van der Waals surface area contributed by atoms with Gasteiger partial charge in [-0.1, -0.05) is 11.6 Å². The first-order valence-corrected chi connectivity index (χ1v) is 6.43. The molecule has 1 aromatic rings. The van der Waals surface area contributed by atoms with E-state index in [9.17, 15) is 18.5 Å². The normalized spacial score (nSPS) is 11.2. The van der Waals surface area contributed by atoms with Crippen molar-refractivity contribution in [3.8, 4) is 5.75 Å². The van der Waals surface area contributed by atoms with Crippen molar-refractivity contribution in [2.45, 2.75) is 4.90 Å². The summed E-state index contributed by atoms with van der Waals surface area (Å²) in [6.45, 7) is 0. The summed E-state index contributed by atoms with van der Waals surface area (Å²) in [5, 5.41) is 10.4. The number of methoxy groups -OCH3 is 1. The van der Waals surface area contributed by atoms with Gasteiger partial charge in [-0.3, -0.25) is 10.1 Å². The summed E-state index contributed by atoms with van der Waals surface area (Å²) in [5.41, 5.74) is -0.522. The van der Waals surface area contributed by atoms with Crippen LogP contribution in [0.3, 0.4) is 0 Å². The second kappa shape index (κ2) is 4.44. The van der Waals surface area contributed by atoms with Crippen LogP contribution >= 0.6 is 22.3 Å². The lowest BCUT2D eigenvalue weighted by atomic mass is 10.3. The van der Waals surface area contributed by atoms with Crippen molar-refractivity contribution >= 4 is 37.0 Å². The number of ether oxygens (including phenoxy) is 1. The smallest absolute Gasteiger partial charge is 0.312 e. The molecule has 0 amide bonds. The van der Waals surface area contributed by atoms with Crippen molar-refractivity contribution in [2.24, 2.45) is 0 Å². The molecule has 0 radical (unpaired) electrons. The van der Waals surface area contributed by atoms with Gasteiger partial charge in [0.2, 0.25) is 5.75 Å². The SMILES string of the molecule is COc1c([N+](=O)[O-])ccc(Cl)c1S(=O)(=O)Cl. The second-order valence-electron chi connectivity index (χ2n) is 2.62. The minimum Gasteiger partial charge on any atom is -0.489 e. The Bertz CT molecular complexity index is 542. The summed E-state index contributed by atoms with van der Waals surface area (Å²) in [4.78, 5) is 9.22. The Kier molecular flexibility index (Phi) is 3.61. The predicted molar refractivity (Wildman–Crippen MR) is 57.7 cm³/mol. The minimum absolute atomic E-state index is 0.238. The van der Waals surface area contributed by atoms with E-state index in [0.29, 0.717) is 0 Å². The summed E-state index contributed by atoms with van der Waals surface area (Å²) in [5.74, 6) is -0.479. The number of nitro groups is 1. The second-order valence-corrected chi connectivity index (χ2v) is 5.53. The highest BCUT2D eigenvalue weighted by molar-refractivity contribution is 8.14. The maximum absolute atomic E-state index is 11.2. The molecule has 16 heavy (non-hydrogen) atoms. The average Bonchev–Trinajstić information content (AvgIpc) is 2.14. The van der Waals surface area contributed by atoms with Crippen molar-refractivity contribution < 1.29 is 18.1 Å². The summed E-state index contributed by atoms with van der Waals surface area (Å²) >= 11 is 5.60. The maximum atomic E-state index is 11.2. The standard InChI is InChI=1S/C7H5Cl2NO5S/c1-15-6-5(10(11)12)3-2-4(8)7(6)16(9,13)14/h2-3H,1H3. The predicted octanol–water partition coefficient (Wildman–Crippen LogP) is 2.18. The van der Waals surface area contributed by atoms with E-state index in [1.54, 1.807) is 0 Å². The third-order valence-corrected chi connectivity index (χ3v) is 3.47. The van der Waals surface area contributed by atoms with Gasteiger partial charge in [0, 0.05) is 16.7 Å². The van der Waals surface area contributed by atoms with Crippen LogP contribution < -0.4 is 4.74 Å². The number of halogens is 2. The zero-order chi connectivity index (χ0) is 12.5. The quantitative estimate of drug-likeness (QED) is 0.483. The molecule has 1 rings (SSSR count). The van der Waals surface area contributed by atoms with E-state index in [1.165, 1.54) is 0 Å². The van der Waals surface area contributed by atoms with Gasteiger partial charge in [0.15, 0.2) is 4.90 Å². The monoisotopic (exact) mass is 285 g/mol. The fourth-order valence-electron chi connectivity index (χ4n) is 1.10. The van der Waals surface area contributed by atoms with Gasteiger partial charge in [-0.25, -0.2) is 8.42 Å². The van der Waals surface area contributed by atoms with E-state index < -0.39 is 30.3 Å². The summed E-state index contributed by atoms with van der Waals surface area (Å²) < 4.78 is 27.0. The highest BCUT2D eigenvalue weighted by Gasteiger charge is 2.28. The zero-order valence-corrected chi connectivity index (χ0v) is 10.1. The molecule has 0 saturated carbocycles. The molecule has 0 saturated heterocycles. The first kappa shape index (κ1) is 13.0. The molecule has 9 heteroatoms. The van der Waals surface area contributed by atoms with Gasteiger partial charge in [-0.2, -0.15) is 0 Å². The fourth-order valence-corrected chi connectivity index (χ4v) is 2.84. The molecule has 88 valence electrons. The van der Waals surface area contributed by atoms with Crippen LogP contribution in [0.5, 0.6) is 5.75 Å². The number of hydrogen-bond acceptors (Lipinski definition) is 5. The molecular formula is C7H5Cl2NO5S. The van der Waals surface area contributed by atoms with Crippen molar-refractivity contribution in [3.63, 3.8) is 0 Å². The van der Waals surface area contributed by atoms with Crippen molar-refractivity contribution in [2.75, 3.05) is 7.11 Å². The van der Waals surface area contributed by atoms with Crippen LogP contribution in [0.2, 0.25) is 5.02 Å². The summed E-state index contributed by atoms with van der Waals surface area (Å²) in [6.07, 6.45) is 0. The number of rotatable bonds is 3. The first-order chi connectivity index (χ1) is 7.29. The van der Waals surface area contributed by atoms with Gasteiger partial charge >= 0.3 is 5.69 Å². The highest BCUT2D eigenvalue weighted by atomic mass is 35.7. The van der Waals surface area contributed by atoms with Crippen molar-refractivity contribution in [1.29, 1.82) is 0 Å². The molecule has 0 aliphatic rings. The van der Waals surface area contributed by atoms with Crippen LogP contribution in [0.1, 0.15) is 0 Å². The van der Waals surface area contributed by atoms with Crippen LogP contribution in [0.15, 0.2) is 17.0 Å². The average molecular weight is 286 g/mol. The Morgan fingerprint density at radius 3 is 2.38 bits per heavy atom. The Balaban J connectivity index is 3.71. The molecule has 0 spiro atoms. The number of benzene rings is 1. The summed E-state index contributed by atoms with van der Waals surface area (Å²) in [6, 6.07) is 2.10. The van der Waals surface area contributed by atoms with Gasteiger partial charge in [-0.05, 0) is 6.07 Å². The topological polar surface area (TPSA) is 86.5 Å². The molecule has 0 atom stereocenters. The molecular weight excluding hydrogens is 281 g/mol. The molecule has 0 fully saturated rings. The third-order valence-electron chi connectivity index (χ3n) is 1.69. The maximum Gasteiger partial charge on any atom is 0.312 e. The van der Waals surface area contributed by atoms with E-state index in [2.05, 4.69) is 4.74 Å². The van der Waals surface area contributed by atoms with Crippen LogP contribution in [-0.4, -0.2) is 20.5 Å². The molecule has 6 nitrogen and oxygen atoms in total. The first-order valence-electron chi connectivity index (χ1n) is 3.74. The lowest BCUT2D eigenvalue weighted by molar-refractivity contribution is -0.386. The highest BCUT2D eigenvalue weighted by Crippen LogP contribution is 2.40. The zero-order valence-electron chi connectivity index (χ0n) is 7.81. The molecule has 0 aliphatic heterocycles. The fraction of sp³-hybridized carbons (Fsp3) is 0.143. The Labute approximate surface area is 100 Å². The number of hydrogen-bond donors (Lipinski definition) is 0. The Morgan fingerprint density at radius 1 is 1.44 bits per heavy atom. The van der Waals surface area contributed by atoms with E-state index >= 15 is 0 Å². The van der Waals surface area contributed by atoms with Crippen LogP contribution in [0, 0.1) is 10.1 Å². The van der Waals surface area contributed by atoms with E-state index in [1.807, 2.05) is 0 Å². The molecule has 0 bridgehead atoms. The number of nitrogens with zero attached hydrogens (tertiary/aromatic N) is 1. The van der Waals surface area contributed by atoms with Crippen LogP contribution in [0.25, 0.3) is 0 Å². The van der Waals surface area contributed by atoms with Crippen LogP contribution in [0.4, 0.5) is 5.69 Å². The molecule has 0 aliphatic carbocycles. The third kappa shape index (κ3) is 2.37. The van der Waals surface area contributed by atoms with Gasteiger partial charge in [0.25, 0.3) is 9.05 Å². The Hall–Kier alpha value is -1.05.